The number of rotatable bonds is 4. The number of hydrogen-bond donors (Lipinski definition) is 0. The monoisotopic (exact) mass is 132 g/mol. The summed E-state index contributed by atoms with van der Waals surface area (Å²) in [7, 11) is 6.74. The summed E-state index contributed by atoms with van der Waals surface area (Å²) in [5.41, 5.74) is -0.620. The van der Waals surface area contributed by atoms with Gasteiger partial charge in [-0.15, -0.1) is 0 Å². The molecule has 48 valence electrons. The van der Waals surface area contributed by atoms with E-state index in [1.807, 2.05) is 0 Å². The molecule has 5 heteroatoms. The molecule has 0 N–H and O–H groups in total. The molecule has 2 nitrogen and oxygen atoms in total. The Hall–Kier alpha value is -0.465. The van der Waals surface area contributed by atoms with Gasteiger partial charge in [0.2, 0.25) is 0 Å². The summed E-state index contributed by atoms with van der Waals surface area (Å²) < 4.78 is 0. The van der Waals surface area contributed by atoms with Crippen LogP contribution < -0.4 is 0 Å². The van der Waals surface area contributed by atoms with Crippen molar-refractivity contribution in [2.24, 2.45) is 5.92 Å². The summed E-state index contributed by atoms with van der Waals surface area (Å²) in [6, 6.07) is 0. The van der Waals surface area contributed by atoms with Crippen LogP contribution in [-0.4, -0.2) is 33.5 Å². The fourth-order valence-corrected chi connectivity index (χ4v) is 0.355. The highest BCUT2D eigenvalue weighted by molar-refractivity contribution is 7.27. The summed E-state index contributed by atoms with van der Waals surface area (Å²) in [6.45, 7) is 3.45. The second-order valence-electron chi connectivity index (χ2n) is 2.27. The standard InChI is InChI=1S/C5H7B3O2/c1-3(2)4(9)7-5(10)8-6/h3H,1-2H3. The zero-order chi connectivity index (χ0) is 8.15. The minimum Gasteiger partial charge on any atom is -0.324 e. The Balaban J connectivity index is 3.69. The first-order valence-corrected chi connectivity index (χ1v) is 3.05. The first-order chi connectivity index (χ1) is 4.57. The predicted octanol–water partition coefficient (Wildman–Crippen LogP) is -0.219. The lowest BCUT2D eigenvalue weighted by molar-refractivity contribution is -0.114. The van der Waals surface area contributed by atoms with E-state index in [9.17, 15) is 9.59 Å². The molecule has 10 heavy (non-hydrogen) atoms. The first-order valence-electron chi connectivity index (χ1n) is 3.05. The van der Waals surface area contributed by atoms with Gasteiger partial charge in [0.05, 0.1) is 5.68 Å². The highest BCUT2D eigenvalue weighted by Gasteiger charge is 2.12. The molecule has 0 aromatic heterocycles. The SMILES string of the molecule is [B][B]C(=O)[B]C(=O)C(C)C. The highest BCUT2D eigenvalue weighted by atomic mass is 16.1. The molecule has 0 saturated heterocycles. The van der Waals surface area contributed by atoms with Crippen LogP contribution in [0.1, 0.15) is 13.8 Å². The molecule has 0 spiro atoms. The van der Waals surface area contributed by atoms with E-state index < -0.39 is 5.58 Å². The van der Waals surface area contributed by atoms with Crippen molar-refractivity contribution in [2.45, 2.75) is 13.8 Å². The Labute approximate surface area is 63.6 Å². The van der Waals surface area contributed by atoms with Gasteiger partial charge in [0.25, 0.3) is 7.28 Å². The molecule has 0 aliphatic rings. The molecule has 4 radical (unpaired) electrons. The molecule has 0 aromatic rings. The maximum Gasteiger partial charge on any atom is 0.275 e. The largest absolute Gasteiger partial charge is 0.324 e. The molecule has 0 saturated carbocycles. The fraction of sp³-hybridized carbons (Fsp3) is 0.600. The van der Waals surface area contributed by atoms with E-state index in [0.717, 1.165) is 14.4 Å². The van der Waals surface area contributed by atoms with Crippen LogP contribution in [0.2, 0.25) is 0 Å². The maximum absolute atomic E-state index is 10.8. The van der Waals surface area contributed by atoms with Crippen LogP contribution >= 0.6 is 0 Å². The predicted molar refractivity (Wildman–Crippen MR) is 42.5 cm³/mol. The molecule has 0 amide bonds. The summed E-state index contributed by atoms with van der Waals surface area (Å²) >= 11 is 0. The average molecular weight is 132 g/mol. The van der Waals surface area contributed by atoms with Gasteiger partial charge >= 0.3 is 0 Å². The summed E-state index contributed by atoms with van der Waals surface area (Å²) in [5, 5.41) is 0. The second-order valence-corrected chi connectivity index (χ2v) is 2.27. The van der Waals surface area contributed by atoms with Gasteiger partial charge in [0.15, 0.2) is 0 Å². The highest BCUT2D eigenvalue weighted by Crippen LogP contribution is 1.91. The van der Waals surface area contributed by atoms with Crippen LogP contribution in [0.3, 0.4) is 0 Å². The van der Waals surface area contributed by atoms with Crippen molar-refractivity contribution in [2.75, 3.05) is 0 Å². The molecule has 0 aromatic carbocycles. The van der Waals surface area contributed by atoms with Gasteiger partial charge in [0.1, 0.15) is 7.17 Å². The van der Waals surface area contributed by atoms with Crippen molar-refractivity contribution >= 4 is 33.5 Å². The fourth-order valence-electron chi connectivity index (χ4n) is 0.355. The van der Waals surface area contributed by atoms with E-state index in [2.05, 4.69) is 0 Å². The lowest BCUT2D eigenvalue weighted by Crippen LogP contribution is -2.26. The topological polar surface area (TPSA) is 34.1 Å². The van der Waals surface area contributed by atoms with Crippen LogP contribution in [0.4, 0.5) is 4.79 Å². The van der Waals surface area contributed by atoms with Gasteiger partial charge in [0, 0.05) is 19.2 Å². The molecule has 0 aliphatic carbocycles. The minimum absolute atomic E-state index is 0.135. The van der Waals surface area contributed by atoms with Crippen molar-refractivity contribution in [3.63, 3.8) is 0 Å². The van der Waals surface area contributed by atoms with Gasteiger partial charge in [-0.05, 0) is 0 Å². The molecule has 0 aliphatic heterocycles. The third kappa shape index (κ3) is 3.54. The van der Waals surface area contributed by atoms with Crippen molar-refractivity contribution in [1.82, 2.24) is 0 Å². The van der Waals surface area contributed by atoms with E-state index in [1.54, 1.807) is 13.8 Å². The second kappa shape index (κ2) is 4.37. The molecule has 0 unspecified atom stereocenters. The van der Waals surface area contributed by atoms with E-state index in [0.29, 0.717) is 0 Å². The van der Waals surface area contributed by atoms with Crippen LogP contribution in [0.5, 0.6) is 0 Å². The molecule has 0 heterocycles. The Bertz CT molecular complexity index is 144. The molecule has 0 rings (SSSR count). The van der Waals surface area contributed by atoms with Gasteiger partial charge in [-0.25, -0.2) is 0 Å². The first kappa shape index (κ1) is 9.53. The zero-order valence-electron chi connectivity index (χ0n) is 6.13. The van der Waals surface area contributed by atoms with Gasteiger partial charge in [-0.1, -0.05) is 13.8 Å². The van der Waals surface area contributed by atoms with Crippen molar-refractivity contribution in [1.29, 1.82) is 0 Å². The van der Waals surface area contributed by atoms with Crippen molar-refractivity contribution in [3.05, 3.63) is 0 Å². The number of hydrogen-bond acceptors (Lipinski definition) is 2. The normalized spacial score (nSPS) is 9.10. The Morgan fingerprint density at radius 1 is 1.40 bits per heavy atom. The number of carbonyl (C=O) groups is 2. The summed E-state index contributed by atoms with van der Waals surface area (Å²) in [6.07, 6.45) is 0. The van der Waals surface area contributed by atoms with Gasteiger partial charge in [-0.3, -0.25) is 0 Å². The maximum atomic E-state index is 10.8. The molecule has 0 fully saturated rings. The smallest absolute Gasteiger partial charge is 0.275 e. The van der Waals surface area contributed by atoms with Gasteiger partial charge < -0.3 is 9.59 Å². The van der Waals surface area contributed by atoms with Crippen LogP contribution in [0.25, 0.3) is 0 Å². The Morgan fingerprint density at radius 2 is 1.90 bits per heavy atom. The average Bonchev–Trinajstić information content (AvgIpc) is 1.87. The number of carbonyl (C=O) groups excluding carboxylic acids is 2. The Morgan fingerprint density at radius 3 is 2.20 bits per heavy atom. The zero-order valence-corrected chi connectivity index (χ0v) is 6.13. The molecule has 0 bridgehead atoms. The third-order valence-electron chi connectivity index (χ3n) is 1.02. The van der Waals surface area contributed by atoms with E-state index in [1.165, 1.54) is 0 Å². The summed E-state index contributed by atoms with van der Waals surface area (Å²) in [4.78, 5) is 21.2. The lowest BCUT2D eigenvalue weighted by Gasteiger charge is -1.99. The van der Waals surface area contributed by atoms with E-state index in [-0.39, 0.29) is 11.6 Å². The van der Waals surface area contributed by atoms with Crippen LogP contribution in [0, 0.1) is 5.92 Å². The van der Waals surface area contributed by atoms with Crippen molar-refractivity contribution in [3.8, 4) is 0 Å². The third-order valence-corrected chi connectivity index (χ3v) is 1.02. The van der Waals surface area contributed by atoms with E-state index in [4.69, 9.17) is 7.74 Å². The van der Waals surface area contributed by atoms with Gasteiger partial charge in [-0.2, -0.15) is 0 Å². The molecule has 0 atom stereocenters. The Kier molecular flexibility index (Phi) is 4.16. The quantitative estimate of drug-likeness (QED) is 0.495. The van der Waals surface area contributed by atoms with E-state index >= 15 is 0 Å². The summed E-state index contributed by atoms with van der Waals surface area (Å²) in [5.74, 6) is -0.135. The van der Waals surface area contributed by atoms with Crippen molar-refractivity contribution < 1.29 is 9.59 Å². The molecular formula is C5H7B3O2. The van der Waals surface area contributed by atoms with Crippen LogP contribution in [0.15, 0.2) is 0 Å². The van der Waals surface area contributed by atoms with Crippen LogP contribution in [-0.2, 0) is 4.79 Å². The molecular weight excluding hydrogens is 124 g/mol. The lowest BCUT2D eigenvalue weighted by atomic mass is 9.40. The minimum atomic E-state index is -0.432.